The maximum atomic E-state index is 13.3. The van der Waals surface area contributed by atoms with Crippen LogP contribution in [0.15, 0.2) is 36.4 Å². The fraction of sp³-hybridized carbons (Fsp3) is 0.294. The van der Waals surface area contributed by atoms with Crippen LogP contribution < -0.4 is 10.1 Å². The van der Waals surface area contributed by atoms with E-state index in [2.05, 4.69) is 5.32 Å². The zero-order chi connectivity index (χ0) is 15.4. The number of nitrogens with one attached hydrogen (secondary N) is 1. The van der Waals surface area contributed by atoms with E-state index in [-0.39, 0.29) is 11.9 Å². The maximum absolute atomic E-state index is 13.3. The number of aryl methyl sites for hydroxylation is 1. The number of hydrogen-bond donors (Lipinski definition) is 1. The van der Waals surface area contributed by atoms with Gasteiger partial charge in [-0.05, 0) is 67.4 Å². The van der Waals surface area contributed by atoms with Gasteiger partial charge in [0, 0.05) is 11.1 Å². The average molecular weight is 308 g/mol. The van der Waals surface area contributed by atoms with Crippen molar-refractivity contribution < 1.29 is 9.13 Å². The molecular formula is C17H19ClFNO. The fourth-order valence-electron chi connectivity index (χ4n) is 2.52. The fourth-order valence-corrected chi connectivity index (χ4v) is 2.72. The summed E-state index contributed by atoms with van der Waals surface area (Å²) in [5.74, 6) is 0.589. The minimum atomic E-state index is -0.216. The predicted octanol–water partition coefficient (Wildman–Crippen LogP) is 4.30. The number of rotatable bonds is 5. The molecule has 0 heterocycles. The first kappa shape index (κ1) is 15.8. The van der Waals surface area contributed by atoms with Crippen molar-refractivity contribution in [3.8, 4) is 5.75 Å². The van der Waals surface area contributed by atoms with E-state index < -0.39 is 0 Å². The van der Waals surface area contributed by atoms with E-state index >= 15 is 0 Å². The van der Waals surface area contributed by atoms with Crippen LogP contribution >= 0.6 is 11.6 Å². The van der Waals surface area contributed by atoms with Gasteiger partial charge in [0.25, 0.3) is 0 Å². The van der Waals surface area contributed by atoms with Crippen molar-refractivity contribution in [1.82, 2.24) is 5.32 Å². The van der Waals surface area contributed by atoms with E-state index in [1.165, 1.54) is 6.07 Å². The Morgan fingerprint density at radius 1 is 1.24 bits per heavy atom. The molecule has 0 aliphatic carbocycles. The van der Waals surface area contributed by atoms with Crippen LogP contribution in [0.4, 0.5) is 4.39 Å². The van der Waals surface area contributed by atoms with Crippen molar-refractivity contribution in [3.63, 3.8) is 0 Å². The molecule has 0 amide bonds. The van der Waals surface area contributed by atoms with E-state index in [4.69, 9.17) is 16.3 Å². The first-order chi connectivity index (χ1) is 10.0. The summed E-state index contributed by atoms with van der Waals surface area (Å²) >= 11 is 6.07. The van der Waals surface area contributed by atoms with Crippen LogP contribution in [-0.4, -0.2) is 14.2 Å². The van der Waals surface area contributed by atoms with Gasteiger partial charge in [-0.3, -0.25) is 0 Å². The number of ether oxygens (including phenoxy) is 1. The van der Waals surface area contributed by atoms with E-state index in [0.29, 0.717) is 11.4 Å². The Labute approximate surface area is 129 Å². The molecule has 21 heavy (non-hydrogen) atoms. The van der Waals surface area contributed by atoms with Gasteiger partial charge in [0.2, 0.25) is 0 Å². The van der Waals surface area contributed by atoms with Crippen molar-refractivity contribution in [2.24, 2.45) is 0 Å². The number of halogens is 2. The molecular weight excluding hydrogens is 289 g/mol. The Morgan fingerprint density at radius 2 is 2.00 bits per heavy atom. The molecule has 1 unspecified atom stereocenters. The van der Waals surface area contributed by atoms with E-state index in [0.717, 1.165) is 22.4 Å². The van der Waals surface area contributed by atoms with Crippen LogP contribution in [0.1, 0.15) is 22.7 Å². The first-order valence-electron chi connectivity index (χ1n) is 6.81. The predicted molar refractivity (Wildman–Crippen MR) is 84.6 cm³/mol. The first-order valence-corrected chi connectivity index (χ1v) is 7.18. The van der Waals surface area contributed by atoms with Gasteiger partial charge in [-0.2, -0.15) is 0 Å². The van der Waals surface area contributed by atoms with Gasteiger partial charge in [0.1, 0.15) is 11.6 Å². The van der Waals surface area contributed by atoms with Gasteiger partial charge in [-0.15, -0.1) is 0 Å². The Kier molecular flexibility index (Phi) is 5.21. The second-order valence-electron chi connectivity index (χ2n) is 5.00. The maximum Gasteiger partial charge on any atom is 0.123 e. The SMILES string of the molecule is CNC(Cc1cc(Cl)ccc1OC)c1ccc(F)cc1C. The lowest BCUT2D eigenvalue weighted by Gasteiger charge is -2.20. The van der Waals surface area contributed by atoms with Crippen LogP contribution in [0, 0.1) is 12.7 Å². The number of methoxy groups -OCH3 is 1. The molecule has 0 spiro atoms. The van der Waals surface area contributed by atoms with Gasteiger partial charge in [0.05, 0.1) is 7.11 Å². The summed E-state index contributed by atoms with van der Waals surface area (Å²) in [6.07, 6.45) is 0.715. The Hall–Kier alpha value is -1.58. The summed E-state index contributed by atoms with van der Waals surface area (Å²) < 4.78 is 18.6. The van der Waals surface area contributed by atoms with E-state index in [1.54, 1.807) is 19.2 Å². The van der Waals surface area contributed by atoms with Crippen LogP contribution in [0.2, 0.25) is 5.02 Å². The standard InChI is InChI=1S/C17H19ClFNO/c1-11-8-14(19)5-6-15(11)16(20-2)10-12-9-13(18)4-7-17(12)21-3/h4-9,16,20H,10H2,1-3H3. The smallest absolute Gasteiger partial charge is 0.123 e. The minimum absolute atomic E-state index is 0.0676. The molecule has 1 N–H and O–H groups in total. The van der Waals surface area contributed by atoms with Crippen LogP contribution in [-0.2, 0) is 6.42 Å². The largest absolute Gasteiger partial charge is 0.496 e. The zero-order valence-electron chi connectivity index (χ0n) is 12.4. The lowest BCUT2D eigenvalue weighted by Crippen LogP contribution is -2.20. The van der Waals surface area contributed by atoms with Crippen molar-refractivity contribution in [3.05, 3.63) is 63.9 Å². The molecule has 0 saturated heterocycles. The molecule has 2 nitrogen and oxygen atoms in total. The van der Waals surface area contributed by atoms with Crippen molar-refractivity contribution in [2.45, 2.75) is 19.4 Å². The Bertz CT molecular complexity index is 630. The van der Waals surface area contributed by atoms with E-state index in [1.807, 2.05) is 32.2 Å². The van der Waals surface area contributed by atoms with Crippen LogP contribution in [0.25, 0.3) is 0 Å². The third-order valence-electron chi connectivity index (χ3n) is 3.62. The number of hydrogen-bond acceptors (Lipinski definition) is 2. The monoisotopic (exact) mass is 307 g/mol. The van der Waals surface area contributed by atoms with Crippen LogP contribution in [0.3, 0.4) is 0 Å². The van der Waals surface area contributed by atoms with Crippen molar-refractivity contribution >= 4 is 11.6 Å². The molecule has 0 bridgehead atoms. The molecule has 0 aromatic heterocycles. The van der Waals surface area contributed by atoms with Gasteiger partial charge in [-0.25, -0.2) is 4.39 Å². The quantitative estimate of drug-likeness (QED) is 0.889. The Balaban J connectivity index is 2.33. The highest BCUT2D eigenvalue weighted by molar-refractivity contribution is 6.30. The average Bonchev–Trinajstić information content (AvgIpc) is 2.45. The van der Waals surface area contributed by atoms with E-state index in [9.17, 15) is 4.39 Å². The summed E-state index contributed by atoms with van der Waals surface area (Å²) in [5, 5.41) is 3.95. The third-order valence-corrected chi connectivity index (χ3v) is 3.86. The molecule has 2 aromatic rings. The van der Waals surface area contributed by atoms with Gasteiger partial charge < -0.3 is 10.1 Å². The highest BCUT2D eigenvalue weighted by Gasteiger charge is 2.16. The summed E-state index contributed by atoms with van der Waals surface area (Å²) in [6, 6.07) is 10.5. The summed E-state index contributed by atoms with van der Waals surface area (Å²) in [4.78, 5) is 0. The zero-order valence-corrected chi connectivity index (χ0v) is 13.2. The molecule has 2 rings (SSSR count). The molecule has 0 aliphatic rings. The third kappa shape index (κ3) is 3.74. The van der Waals surface area contributed by atoms with Gasteiger partial charge in [0.15, 0.2) is 0 Å². The molecule has 0 aliphatic heterocycles. The lowest BCUT2D eigenvalue weighted by atomic mass is 9.95. The van der Waals surface area contributed by atoms with Gasteiger partial charge in [-0.1, -0.05) is 17.7 Å². The molecule has 0 fully saturated rings. The second kappa shape index (κ2) is 6.92. The highest BCUT2D eigenvalue weighted by atomic mass is 35.5. The number of benzene rings is 2. The van der Waals surface area contributed by atoms with Crippen molar-refractivity contribution in [1.29, 1.82) is 0 Å². The highest BCUT2D eigenvalue weighted by Crippen LogP contribution is 2.29. The summed E-state index contributed by atoms with van der Waals surface area (Å²) in [7, 11) is 3.54. The van der Waals surface area contributed by atoms with Crippen LogP contribution in [0.5, 0.6) is 5.75 Å². The normalized spacial score (nSPS) is 12.2. The van der Waals surface area contributed by atoms with Gasteiger partial charge >= 0.3 is 0 Å². The molecule has 1 atom stereocenters. The minimum Gasteiger partial charge on any atom is -0.496 e. The topological polar surface area (TPSA) is 21.3 Å². The number of likely N-dealkylation sites (N-methyl/N-ethyl adjacent to an activating group) is 1. The molecule has 112 valence electrons. The lowest BCUT2D eigenvalue weighted by molar-refractivity contribution is 0.406. The molecule has 2 aromatic carbocycles. The molecule has 0 saturated carbocycles. The second-order valence-corrected chi connectivity index (χ2v) is 5.44. The molecule has 4 heteroatoms. The summed E-state index contributed by atoms with van der Waals surface area (Å²) in [5.41, 5.74) is 3.02. The summed E-state index contributed by atoms with van der Waals surface area (Å²) in [6.45, 7) is 1.91. The van der Waals surface area contributed by atoms with Crippen molar-refractivity contribution in [2.75, 3.05) is 14.2 Å². The Morgan fingerprint density at radius 3 is 2.62 bits per heavy atom. The molecule has 0 radical (unpaired) electrons.